The fraction of sp³-hybridized carbons (Fsp3) is 0.375. The quantitative estimate of drug-likeness (QED) is 0.475. The van der Waals surface area contributed by atoms with Crippen LogP contribution in [0.4, 0.5) is 0 Å². The molecular weight excluding hydrogens is 140 g/mol. The van der Waals surface area contributed by atoms with Gasteiger partial charge in [-0.05, 0) is 12.5 Å². The second-order valence-corrected chi connectivity index (χ2v) is 2.57. The highest BCUT2D eigenvalue weighted by atomic mass is 16.1. The minimum absolute atomic E-state index is 0.420. The maximum absolute atomic E-state index is 10.3. The molecule has 3 nitrogen and oxygen atoms in total. The van der Waals surface area contributed by atoms with Crippen LogP contribution in [0, 0.1) is 0 Å². The van der Waals surface area contributed by atoms with Gasteiger partial charge in [0, 0.05) is 26.4 Å². The Hall–Kier alpha value is -1.25. The third-order valence-electron chi connectivity index (χ3n) is 0.972. The van der Waals surface area contributed by atoms with Crippen LogP contribution in [0.5, 0.6) is 0 Å². The van der Waals surface area contributed by atoms with E-state index >= 15 is 0 Å². The third-order valence-corrected chi connectivity index (χ3v) is 0.972. The van der Waals surface area contributed by atoms with Gasteiger partial charge in [0.05, 0.1) is 0 Å². The van der Waals surface area contributed by atoms with Gasteiger partial charge in [-0.25, -0.2) is 0 Å². The Morgan fingerprint density at radius 3 is 2.27 bits per heavy atom. The molecule has 0 heterocycles. The smallest absolute Gasteiger partial charge is 0.241 e. The van der Waals surface area contributed by atoms with Crippen molar-refractivity contribution in [3.8, 4) is 0 Å². The Morgan fingerprint density at radius 2 is 1.91 bits per heavy atom. The van der Waals surface area contributed by atoms with Crippen molar-refractivity contribution in [2.24, 2.45) is 5.73 Å². The summed E-state index contributed by atoms with van der Waals surface area (Å²) < 4.78 is 0. The summed E-state index contributed by atoms with van der Waals surface area (Å²) in [5.74, 6) is -0.420. The van der Waals surface area contributed by atoms with Crippen molar-refractivity contribution in [3.63, 3.8) is 0 Å². The number of rotatable bonds is 3. The SMILES string of the molecule is CC(/C=C\C(N)=O)=C\N(C)C. The van der Waals surface area contributed by atoms with Crippen LogP contribution < -0.4 is 5.73 Å². The van der Waals surface area contributed by atoms with Crippen LogP contribution in [0.3, 0.4) is 0 Å². The van der Waals surface area contributed by atoms with Crippen LogP contribution in [0.25, 0.3) is 0 Å². The Bertz CT molecular complexity index is 192. The van der Waals surface area contributed by atoms with E-state index < -0.39 is 5.91 Å². The van der Waals surface area contributed by atoms with Crippen LogP contribution >= 0.6 is 0 Å². The second-order valence-electron chi connectivity index (χ2n) is 2.57. The lowest BCUT2D eigenvalue weighted by Gasteiger charge is -2.04. The molecule has 0 aliphatic rings. The van der Waals surface area contributed by atoms with Gasteiger partial charge in [-0.1, -0.05) is 6.08 Å². The molecule has 0 bridgehead atoms. The van der Waals surface area contributed by atoms with E-state index in [-0.39, 0.29) is 0 Å². The minimum Gasteiger partial charge on any atom is -0.383 e. The van der Waals surface area contributed by atoms with E-state index in [1.165, 1.54) is 6.08 Å². The van der Waals surface area contributed by atoms with Gasteiger partial charge in [0.2, 0.25) is 5.91 Å². The van der Waals surface area contributed by atoms with Crippen molar-refractivity contribution < 1.29 is 4.79 Å². The van der Waals surface area contributed by atoms with Crippen molar-refractivity contribution >= 4 is 5.91 Å². The number of nitrogens with two attached hydrogens (primary N) is 1. The van der Waals surface area contributed by atoms with Crippen LogP contribution in [-0.2, 0) is 4.79 Å². The summed E-state index contributed by atoms with van der Waals surface area (Å²) in [6.07, 6.45) is 4.93. The molecule has 0 saturated carbocycles. The van der Waals surface area contributed by atoms with Crippen molar-refractivity contribution in [2.45, 2.75) is 6.92 Å². The summed E-state index contributed by atoms with van der Waals surface area (Å²) >= 11 is 0. The fourth-order valence-electron chi connectivity index (χ4n) is 0.664. The number of primary amides is 1. The highest BCUT2D eigenvalue weighted by Gasteiger charge is 1.85. The molecule has 1 amide bonds. The molecule has 2 N–H and O–H groups in total. The average molecular weight is 154 g/mol. The van der Waals surface area contributed by atoms with Crippen LogP contribution in [0.15, 0.2) is 23.9 Å². The topological polar surface area (TPSA) is 46.3 Å². The average Bonchev–Trinajstić information content (AvgIpc) is 1.82. The van der Waals surface area contributed by atoms with Gasteiger partial charge >= 0.3 is 0 Å². The lowest BCUT2D eigenvalue weighted by atomic mass is 10.3. The molecule has 0 rings (SSSR count). The van der Waals surface area contributed by atoms with Gasteiger partial charge in [-0.2, -0.15) is 0 Å². The zero-order valence-electron chi connectivity index (χ0n) is 7.16. The van der Waals surface area contributed by atoms with Crippen LogP contribution in [-0.4, -0.2) is 24.9 Å². The summed E-state index contributed by atoms with van der Waals surface area (Å²) in [5.41, 5.74) is 5.90. The molecule has 0 aliphatic heterocycles. The zero-order valence-corrected chi connectivity index (χ0v) is 7.16. The van der Waals surface area contributed by atoms with E-state index in [9.17, 15) is 4.79 Å². The second kappa shape index (κ2) is 4.55. The largest absolute Gasteiger partial charge is 0.383 e. The molecule has 0 aromatic rings. The van der Waals surface area contributed by atoms with Crippen molar-refractivity contribution in [3.05, 3.63) is 23.9 Å². The molecule has 62 valence electrons. The summed E-state index contributed by atoms with van der Waals surface area (Å²) in [7, 11) is 3.84. The Balaban J connectivity index is 4.05. The predicted molar refractivity (Wildman–Crippen MR) is 45.8 cm³/mol. The molecule has 0 fully saturated rings. The molecule has 0 saturated heterocycles. The van der Waals surface area contributed by atoms with E-state index in [0.717, 1.165) is 5.57 Å². The Morgan fingerprint density at radius 1 is 1.36 bits per heavy atom. The lowest BCUT2D eigenvalue weighted by molar-refractivity contribution is -0.113. The van der Waals surface area contributed by atoms with Crippen molar-refractivity contribution in [2.75, 3.05) is 14.1 Å². The Kier molecular flexibility index (Phi) is 4.03. The molecular formula is C8H14N2O. The first-order valence-electron chi connectivity index (χ1n) is 3.34. The lowest BCUT2D eigenvalue weighted by Crippen LogP contribution is -2.06. The van der Waals surface area contributed by atoms with E-state index in [1.54, 1.807) is 6.08 Å². The first-order valence-corrected chi connectivity index (χ1v) is 3.34. The summed E-state index contributed by atoms with van der Waals surface area (Å²) in [6.45, 7) is 1.90. The first kappa shape index (κ1) is 9.75. The third kappa shape index (κ3) is 6.64. The van der Waals surface area contributed by atoms with E-state index in [2.05, 4.69) is 0 Å². The number of allylic oxidation sites excluding steroid dienone is 2. The van der Waals surface area contributed by atoms with Gasteiger partial charge in [0.15, 0.2) is 0 Å². The zero-order chi connectivity index (χ0) is 8.85. The van der Waals surface area contributed by atoms with Gasteiger partial charge in [-0.3, -0.25) is 4.79 Å². The minimum atomic E-state index is -0.420. The van der Waals surface area contributed by atoms with Crippen LogP contribution in [0.1, 0.15) is 6.92 Å². The van der Waals surface area contributed by atoms with E-state index in [4.69, 9.17) is 5.73 Å². The molecule has 11 heavy (non-hydrogen) atoms. The maximum Gasteiger partial charge on any atom is 0.241 e. The van der Waals surface area contributed by atoms with Crippen molar-refractivity contribution in [1.82, 2.24) is 4.90 Å². The highest BCUT2D eigenvalue weighted by Crippen LogP contribution is 1.94. The number of carbonyl (C=O) groups excluding carboxylic acids is 1. The Labute approximate surface area is 67.2 Å². The van der Waals surface area contributed by atoms with Crippen molar-refractivity contribution in [1.29, 1.82) is 0 Å². The predicted octanol–water partition coefficient (Wildman–Crippen LogP) is 0.493. The van der Waals surface area contributed by atoms with Gasteiger partial charge in [-0.15, -0.1) is 0 Å². The standard InChI is InChI=1S/C8H14N2O/c1-7(6-10(2)3)4-5-8(9)11/h4-6H,1-3H3,(H2,9,11)/b5-4-,7-6+. The normalized spacial score (nSPS) is 12.1. The van der Waals surface area contributed by atoms with Gasteiger partial charge < -0.3 is 10.6 Å². The molecule has 0 unspecified atom stereocenters. The summed E-state index contributed by atoms with van der Waals surface area (Å²) in [6, 6.07) is 0. The van der Waals surface area contributed by atoms with Gasteiger partial charge in [0.25, 0.3) is 0 Å². The molecule has 0 spiro atoms. The number of hydrogen-bond donors (Lipinski definition) is 1. The number of nitrogens with zero attached hydrogens (tertiary/aromatic N) is 1. The first-order chi connectivity index (χ1) is 5.02. The van der Waals surface area contributed by atoms with Crippen LogP contribution in [0.2, 0.25) is 0 Å². The van der Waals surface area contributed by atoms with Gasteiger partial charge in [0.1, 0.15) is 0 Å². The molecule has 0 aliphatic carbocycles. The van der Waals surface area contributed by atoms with E-state index in [1.807, 2.05) is 32.1 Å². The summed E-state index contributed by atoms with van der Waals surface area (Å²) in [4.78, 5) is 12.2. The monoisotopic (exact) mass is 154 g/mol. The molecule has 0 radical (unpaired) electrons. The number of hydrogen-bond acceptors (Lipinski definition) is 2. The molecule has 0 aromatic heterocycles. The molecule has 3 heteroatoms. The summed E-state index contributed by atoms with van der Waals surface area (Å²) in [5, 5.41) is 0. The fourth-order valence-corrected chi connectivity index (χ4v) is 0.664. The van der Waals surface area contributed by atoms with E-state index in [0.29, 0.717) is 0 Å². The number of carbonyl (C=O) groups is 1. The number of amides is 1. The molecule has 0 atom stereocenters. The maximum atomic E-state index is 10.3. The highest BCUT2D eigenvalue weighted by molar-refractivity contribution is 5.86. The molecule has 0 aromatic carbocycles.